The largest absolute Gasteiger partial charge is 0.142 e. The van der Waals surface area contributed by atoms with E-state index < -0.39 is 0 Å². The zero-order valence-electron chi connectivity index (χ0n) is 7.17. The van der Waals surface area contributed by atoms with Crippen LogP contribution in [0.25, 0.3) is 10.1 Å². The van der Waals surface area contributed by atoms with Crippen LogP contribution in [0.1, 0.15) is 11.1 Å². The first-order valence-corrected chi connectivity index (χ1v) is 5.84. The Hall–Kier alpha value is -0.180. The fourth-order valence-corrected chi connectivity index (χ4v) is 2.92. The quantitative estimate of drug-likeness (QED) is 0.548. The SMILES string of the molecule is Cc1csc2c(S)cc(CCl)cc12. The standard InChI is InChI=1S/C10H9ClS2/c1-6-5-13-10-8(6)2-7(4-11)3-9(10)12/h2-3,5,12H,4H2,1H3. The van der Waals surface area contributed by atoms with E-state index in [0.717, 1.165) is 10.5 Å². The fourth-order valence-electron chi connectivity index (χ4n) is 1.38. The van der Waals surface area contributed by atoms with E-state index in [1.807, 2.05) is 6.07 Å². The predicted molar refractivity (Wildman–Crippen MR) is 63.4 cm³/mol. The van der Waals surface area contributed by atoms with Gasteiger partial charge in [0, 0.05) is 15.5 Å². The average molecular weight is 229 g/mol. The van der Waals surface area contributed by atoms with Crippen molar-refractivity contribution in [2.24, 2.45) is 0 Å². The first-order chi connectivity index (χ1) is 6.22. The summed E-state index contributed by atoms with van der Waals surface area (Å²) >= 11 is 12.0. The van der Waals surface area contributed by atoms with E-state index in [2.05, 4.69) is 31.0 Å². The molecule has 0 aliphatic heterocycles. The average Bonchev–Trinajstić information content (AvgIpc) is 2.48. The lowest BCUT2D eigenvalue weighted by molar-refractivity contribution is 1.37. The molecular formula is C10H9ClS2. The first kappa shape index (κ1) is 9.38. The number of hydrogen-bond acceptors (Lipinski definition) is 2. The van der Waals surface area contributed by atoms with Crippen molar-refractivity contribution >= 4 is 45.7 Å². The van der Waals surface area contributed by atoms with Crippen LogP contribution in [0.4, 0.5) is 0 Å². The Labute approximate surface area is 91.9 Å². The van der Waals surface area contributed by atoms with Crippen LogP contribution >= 0.6 is 35.6 Å². The molecule has 0 radical (unpaired) electrons. The van der Waals surface area contributed by atoms with Crippen molar-refractivity contribution in [3.63, 3.8) is 0 Å². The van der Waals surface area contributed by atoms with Crippen molar-refractivity contribution in [3.8, 4) is 0 Å². The molecule has 0 fully saturated rings. The van der Waals surface area contributed by atoms with E-state index in [-0.39, 0.29) is 0 Å². The normalized spacial score (nSPS) is 11.0. The Kier molecular flexibility index (Phi) is 2.54. The Balaban J connectivity index is 2.80. The molecule has 1 heterocycles. The topological polar surface area (TPSA) is 0 Å². The van der Waals surface area contributed by atoms with Gasteiger partial charge in [0.05, 0.1) is 0 Å². The number of rotatable bonds is 1. The van der Waals surface area contributed by atoms with Gasteiger partial charge in [0.2, 0.25) is 0 Å². The van der Waals surface area contributed by atoms with Crippen LogP contribution in [-0.4, -0.2) is 0 Å². The molecule has 0 atom stereocenters. The number of benzene rings is 1. The molecule has 13 heavy (non-hydrogen) atoms. The van der Waals surface area contributed by atoms with E-state index in [9.17, 15) is 0 Å². The van der Waals surface area contributed by atoms with E-state index in [4.69, 9.17) is 11.6 Å². The minimum atomic E-state index is 0.554. The summed E-state index contributed by atoms with van der Waals surface area (Å²) in [7, 11) is 0. The summed E-state index contributed by atoms with van der Waals surface area (Å²) in [4.78, 5) is 1.03. The molecule has 0 aliphatic rings. The lowest BCUT2D eigenvalue weighted by Gasteiger charge is -2.00. The molecule has 0 bridgehead atoms. The monoisotopic (exact) mass is 228 g/mol. The van der Waals surface area contributed by atoms with Crippen LogP contribution in [0.3, 0.4) is 0 Å². The van der Waals surface area contributed by atoms with Gasteiger partial charge in [-0.05, 0) is 40.9 Å². The van der Waals surface area contributed by atoms with Gasteiger partial charge < -0.3 is 0 Å². The second-order valence-corrected chi connectivity index (χ2v) is 4.67. The zero-order valence-corrected chi connectivity index (χ0v) is 9.64. The highest BCUT2D eigenvalue weighted by Crippen LogP contribution is 2.32. The van der Waals surface area contributed by atoms with E-state index in [1.54, 1.807) is 11.3 Å². The van der Waals surface area contributed by atoms with E-state index >= 15 is 0 Å². The maximum atomic E-state index is 5.79. The van der Waals surface area contributed by atoms with Crippen molar-refractivity contribution in [1.29, 1.82) is 0 Å². The molecule has 2 aromatic rings. The zero-order chi connectivity index (χ0) is 9.42. The number of fused-ring (bicyclic) bond motifs is 1. The van der Waals surface area contributed by atoms with Crippen LogP contribution < -0.4 is 0 Å². The van der Waals surface area contributed by atoms with Gasteiger partial charge in [0.15, 0.2) is 0 Å². The lowest BCUT2D eigenvalue weighted by Crippen LogP contribution is -1.79. The molecule has 3 heteroatoms. The van der Waals surface area contributed by atoms with Crippen LogP contribution in [0.5, 0.6) is 0 Å². The second-order valence-electron chi connectivity index (χ2n) is 3.04. The summed E-state index contributed by atoms with van der Waals surface area (Å²) < 4.78 is 1.26. The third-order valence-corrected chi connectivity index (χ3v) is 4.02. The molecule has 0 aliphatic carbocycles. The van der Waals surface area contributed by atoms with Gasteiger partial charge in [-0.1, -0.05) is 0 Å². The van der Waals surface area contributed by atoms with Gasteiger partial charge >= 0.3 is 0 Å². The molecule has 1 aromatic carbocycles. The smallest absolute Gasteiger partial charge is 0.0478 e. The third kappa shape index (κ3) is 1.58. The van der Waals surface area contributed by atoms with Crippen molar-refractivity contribution in [2.45, 2.75) is 17.7 Å². The Bertz CT molecular complexity index is 445. The molecule has 68 valence electrons. The summed E-state index contributed by atoms with van der Waals surface area (Å²) in [6, 6.07) is 4.18. The van der Waals surface area contributed by atoms with Crippen molar-refractivity contribution in [1.82, 2.24) is 0 Å². The van der Waals surface area contributed by atoms with Crippen molar-refractivity contribution in [3.05, 3.63) is 28.6 Å². The van der Waals surface area contributed by atoms with Crippen LogP contribution in [0, 0.1) is 6.92 Å². The van der Waals surface area contributed by atoms with Crippen LogP contribution in [0.15, 0.2) is 22.4 Å². The molecule has 0 amide bonds. The molecule has 0 saturated heterocycles. The Morgan fingerprint density at radius 3 is 2.92 bits per heavy atom. The fraction of sp³-hybridized carbons (Fsp3) is 0.200. The molecule has 0 spiro atoms. The number of halogens is 1. The Morgan fingerprint density at radius 2 is 2.23 bits per heavy atom. The lowest BCUT2D eigenvalue weighted by atomic mass is 10.1. The maximum absolute atomic E-state index is 5.79. The highest BCUT2D eigenvalue weighted by Gasteiger charge is 2.04. The van der Waals surface area contributed by atoms with Crippen molar-refractivity contribution in [2.75, 3.05) is 0 Å². The summed E-state index contributed by atoms with van der Waals surface area (Å²) in [5.74, 6) is 0.554. The summed E-state index contributed by atoms with van der Waals surface area (Å²) in [5, 5.41) is 3.44. The van der Waals surface area contributed by atoms with Gasteiger partial charge in [-0.3, -0.25) is 0 Å². The van der Waals surface area contributed by atoms with Crippen molar-refractivity contribution < 1.29 is 0 Å². The van der Waals surface area contributed by atoms with Gasteiger partial charge in [-0.25, -0.2) is 0 Å². The van der Waals surface area contributed by atoms with Crippen LogP contribution in [0.2, 0.25) is 0 Å². The third-order valence-electron chi connectivity index (χ3n) is 2.06. The maximum Gasteiger partial charge on any atom is 0.0478 e. The van der Waals surface area contributed by atoms with E-state index in [1.165, 1.54) is 15.6 Å². The van der Waals surface area contributed by atoms with Gasteiger partial charge in [-0.2, -0.15) is 0 Å². The van der Waals surface area contributed by atoms with Gasteiger partial charge in [0.25, 0.3) is 0 Å². The molecule has 0 saturated carbocycles. The second kappa shape index (κ2) is 3.52. The number of aryl methyl sites for hydroxylation is 1. The molecule has 0 nitrogen and oxygen atoms in total. The molecule has 0 unspecified atom stereocenters. The summed E-state index contributed by atoms with van der Waals surface area (Å²) in [6.07, 6.45) is 0. The highest BCUT2D eigenvalue weighted by molar-refractivity contribution is 7.80. The highest BCUT2D eigenvalue weighted by atomic mass is 35.5. The first-order valence-electron chi connectivity index (χ1n) is 3.98. The number of thiophene rings is 1. The molecular weight excluding hydrogens is 220 g/mol. The van der Waals surface area contributed by atoms with E-state index in [0.29, 0.717) is 5.88 Å². The number of alkyl halides is 1. The molecule has 1 aromatic heterocycles. The predicted octanol–water partition coefficient (Wildman–Crippen LogP) is 4.24. The Morgan fingerprint density at radius 1 is 1.46 bits per heavy atom. The minimum Gasteiger partial charge on any atom is -0.142 e. The van der Waals surface area contributed by atoms with Gasteiger partial charge in [0.1, 0.15) is 0 Å². The van der Waals surface area contributed by atoms with Gasteiger partial charge in [-0.15, -0.1) is 35.6 Å². The number of hydrogen-bond donors (Lipinski definition) is 1. The summed E-state index contributed by atoms with van der Waals surface area (Å²) in [5.41, 5.74) is 2.45. The molecule has 2 rings (SSSR count). The number of thiol groups is 1. The minimum absolute atomic E-state index is 0.554. The molecule has 0 N–H and O–H groups in total. The summed E-state index contributed by atoms with van der Waals surface area (Å²) in [6.45, 7) is 2.12. The van der Waals surface area contributed by atoms with Crippen LogP contribution in [-0.2, 0) is 5.88 Å².